The Morgan fingerprint density at radius 3 is 2.35 bits per heavy atom. The molecule has 0 saturated heterocycles. The van der Waals surface area contributed by atoms with Crippen molar-refractivity contribution in [3.63, 3.8) is 0 Å². The predicted molar refractivity (Wildman–Crippen MR) is 80.5 cm³/mol. The minimum absolute atomic E-state index is 0.263. The van der Waals surface area contributed by atoms with Crippen molar-refractivity contribution < 1.29 is 19.5 Å². The number of benzene rings is 1. The second-order valence-electron chi connectivity index (χ2n) is 5.73. The molecule has 0 aliphatic carbocycles. The van der Waals surface area contributed by atoms with Gasteiger partial charge in [-0.1, -0.05) is 6.07 Å². The van der Waals surface area contributed by atoms with Crippen LogP contribution in [-0.2, 0) is 4.74 Å². The summed E-state index contributed by atoms with van der Waals surface area (Å²) in [6.45, 7) is 12.1. The van der Waals surface area contributed by atoms with E-state index in [1.165, 1.54) is 0 Å². The fraction of sp³-hybridized carbons (Fsp3) is 0.625. The molecule has 20 heavy (non-hydrogen) atoms. The Bertz CT molecular complexity index is 374. The van der Waals surface area contributed by atoms with Crippen LogP contribution in [0, 0.1) is 0 Å². The van der Waals surface area contributed by atoms with E-state index in [4.69, 9.17) is 14.2 Å². The van der Waals surface area contributed by atoms with Crippen LogP contribution in [0.5, 0.6) is 11.5 Å². The number of quaternary nitrogens is 1. The first kappa shape index (κ1) is 16.8. The third-order valence-corrected chi connectivity index (χ3v) is 2.63. The molecule has 114 valence electrons. The topological polar surface area (TPSA) is 44.3 Å². The maximum Gasteiger partial charge on any atom is 0.123 e. The molecule has 0 saturated carbocycles. The van der Waals surface area contributed by atoms with E-state index in [1.807, 2.05) is 31.2 Å². The second-order valence-corrected chi connectivity index (χ2v) is 5.73. The van der Waals surface area contributed by atoms with Crippen LogP contribution < -0.4 is 14.8 Å². The molecule has 0 atom stereocenters. The maximum absolute atomic E-state index is 5.63. The van der Waals surface area contributed by atoms with Crippen molar-refractivity contribution in [1.29, 1.82) is 0 Å². The molecule has 1 aromatic carbocycles. The predicted octanol–water partition coefficient (Wildman–Crippen LogP) is 1.84. The molecule has 0 amide bonds. The smallest absolute Gasteiger partial charge is 0.123 e. The number of hydrogen-bond donors (Lipinski definition) is 1. The monoisotopic (exact) mass is 282 g/mol. The Kier molecular flexibility index (Phi) is 7.41. The van der Waals surface area contributed by atoms with Gasteiger partial charge in [0.1, 0.15) is 18.1 Å². The van der Waals surface area contributed by atoms with Gasteiger partial charge >= 0.3 is 0 Å². The molecule has 0 spiro atoms. The summed E-state index contributed by atoms with van der Waals surface area (Å²) < 4.78 is 16.6. The standard InChI is InChI=1S/C16H27NO3/c1-5-19-14-7-6-8-15(13-14)20-12-11-18-10-9-17-16(2,3)4/h6-8,13,17H,5,9-12H2,1-4H3/p+1. The third kappa shape index (κ3) is 8.02. The highest BCUT2D eigenvalue weighted by Crippen LogP contribution is 2.19. The summed E-state index contributed by atoms with van der Waals surface area (Å²) in [6, 6.07) is 7.68. The van der Waals surface area contributed by atoms with Gasteiger partial charge in [-0.3, -0.25) is 0 Å². The normalized spacial score (nSPS) is 11.4. The van der Waals surface area contributed by atoms with Crippen molar-refractivity contribution in [2.24, 2.45) is 0 Å². The minimum atomic E-state index is 0.263. The van der Waals surface area contributed by atoms with E-state index >= 15 is 0 Å². The molecule has 4 heteroatoms. The van der Waals surface area contributed by atoms with Gasteiger partial charge in [0.25, 0.3) is 0 Å². The van der Waals surface area contributed by atoms with Crippen molar-refractivity contribution in [1.82, 2.24) is 0 Å². The minimum Gasteiger partial charge on any atom is -0.494 e. The molecule has 1 rings (SSSR count). The summed E-state index contributed by atoms with van der Waals surface area (Å²) >= 11 is 0. The molecule has 1 aromatic rings. The summed E-state index contributed by atoms with van der Waals surface area (Å²) in [7, 11) is 0. The molecule has 0 unspecified atom stereocenters. The number of hydrogen-bond acceptors (Lipinski definition) is 3. The Labute approximate surface area is 122 Å². The largest absolute Gasteiger partial charge is 0.494 e. The van der Waals surface area contributed by atoms with Crippen LogP contribution in [-0.4, -0.2) is 38.5 Å². The molecule has 0 heterocycles. The zero-order valence-corrected chi connectivity index (χ0v) is 13.1. The van der Waals surface area contributed by atoms with Crippen LogP contribution in [0.3, 0.4) is 0 Å². The van der Waals surface area contributed by atoms with E-state index in [9.17, 15) is 0 Å². The molecule has 2 N–H and O–H groups in total. The highest BCUT2D eigenvalue weighted by atomic mass is 16.5. The first-order valence-electron chi connectivity index (χ1n) is 7.29. The van der Waals surface area contributed by atoms with Crippen LogP contribution in [0.2, 0.25) is 0 Å². The molecule has 0 aromatic heterocycles. The molecule has 0 aliphatic rings. The van der Waals surface area contributed by atoms with E-state index in [1.54, 1.807) is 0 Å². The molecule has 0 aliphatic heterocycles. The molecular weight excluding hydrogens is 254 g/mol. The summed E-state index contributed by atoms with van der Waals surface area (Å²) in [4.78, 5) is 0. The summed E-state index contributed by atoms with van der Waals surface area (Å²) in [5, 5.41) is 2.28. The average Bonchev–Trinajstić information content (AvgIpc) is 2.37. The van der Waals surface area contributed by atoms with Gasteiger partial charge < -0.3 is 19.5 Å². The molecule has 4 nitrogen and oxygen atoms in total. The maximum atomic E-state index is 5.63. The van der Waals surface area contributed by atoms with Crippen molar-refractivity contribution in [3.05, 3.63) is 24.3 Å². The Morgan fingerprint density at radius 1 is 1.00 bits per heavy atom. The van der Waals surface area contributed by atoms with Gasteiger partial charge in [0, 0.05) is 6.07 Å². The lowest BCUT2D eigenvalue weighted by Gasteiger charge is -2.16. The fourth-order valence-corrected chi connectivity index (χ4v) is 1.72. The van der Waals surface area contributed by atoms with E-state index in [2.05, 4.69) is 26.1 Å². The van der Waals surface area contributed by atoms with E-state index in [-0.39, 0.29) is 5.54 Å². The Hall–Kier alpha value is -1.26. The lowest BCUT2D eigenvalue weighted by molar-refractivity contribution is -0.718. The van der Waals surface area contributed by atoms with E-state index < -0.39 is 0 Å². The Balaban J connectivity index is 2.10. The van der Waals surface area contributed by atoms with Gasteiger partial charge in [-0.15, -0.1) is 0 Å². The van der Waals surface area contributed by atoms with Crippen molar-refractivity contribution in [2.75, 3.05) is 33.0 Å². The first-order chi connectivity index (χ1) is 9.51. The van der Waals surface area contributed by atoms with Gasteiger partial charge in [-0.05, 0) is 39.8 Å². The molecule has 0 radical (unpaired) electrons. The quantitative estimate of drug-likeness (QED) is 0.703. The lowest BCUT2D eigenvalue weighted by Crippen LogP contribution is -2.95. The average molecular weight is 282 g/mol. The van der Waals surface area contributed by atoms with Gasteiger partial charge in [0.15, 0.2) is 0 Å². The van der Waals surface area contributed by atoms with Crippen LogP contribution in [0.4, 0.5) is 0 Å². The van der Waals surface area contributed by atoms with Gasteiger partial charge in [-0.25, -0.2) is 0 Å². The molecule has 0 fully saturated rings. The number of rotatable bonds is 9. The van der Waals surface area contributed by atoms with Crippen LogP contribution in [0.1, 0.15) is 27.7 Å². The second kappa shape index (κ2) is 8.82. The van der Waals surface area contributed by atoms with Crippen molar-refractivity contribution in [3.8, 4) is 11.5 Å². The van der Waals surface area contributed by atoms with E-state index in [0.717, 1.165) is 24.7 Å². The van der Waals surface area contributed by atoms with E-state index in [0.29, 0.717) is 19.8 Å². The van der Waals surface area contributed by atoms with Crippen LogP contribution in [0.15, 0.2) is 24.3 Å². The van der Waals surface area contributed by atoms with Crippen molar-refractivity contribution >= 4 is 0 Å². The Morgan fingerprint density at radius 2 is 1.70 bits per heavy atom. The number of nitrogens with two attached hydrogens (primary N) is 1. The van der Waals surface area contributed by atoms with Crippen molar-refractivity contribution in [2.45, 2.75) is 33.2 Å². The lowest BCUT2D eigenvalue weighted by atomic mass is 10.1. The highest BCUT2D eigenvalue weighted by Gasteiger charge is 2.11. The number of ether oxygens (including phenoxy) is 3. The summed E-state index contributed by atoms with van der Waals surface area (Å²) in [5.74, 6) is 1.66. The summed E-state index contributed by atoms with van der Waals surface area (Å²) in [5.41, 5.74) is 0.263. The highest BCUT2D eigenvalue weighted by molar-refractivity contribution is 5.32. The van der Waals surface area contributed by atoms with Crippen LogP contribution in [0.25, 0.3) is 0 Å². The zero-order chi connectivity index (χ0) is 14.8. The van der Waals surface area contributed by atoms with Gasteiger partial charge in [-0.2, -0.15) is 0 Å². The molecule has 0 bridgehead atoms. The van der Waals surface area contributed by atoms with Gasteiger partial charge in [0.05, 0.1) is 31.9 Å². The fourth-order valence-electron chi connectivity index (χ4n) is 1.72. The zero-order valence-electron chi connectivity index (χ0n) is 13.1. The first-order valence-corrected chi connectivity index (χ1v) is 7.29. The van der Waals surface area contributed by atoms with Gasteiger partial charge in [0.2, 0.25) is 0 Å². The summed E-state index contributed by atoms with van der Waals surface area (Å²) in [6.07, 6.45) is 0. The third-order valence-electron chi connectivity index (χ3n) is 2.63. The SMILES string of the molecule is CCOc1cccc(OCCOCC[NH2+]C(C)(C)C)c1. The van der Waals surface area contributed by atoms with Crippen LogP contribution >= 0.6 is 0 Å². The molecular formula is C16H28NO3+.